The molecule has 34 heavy (non-hydrogen) atoms. The van der Waals surface area contributed by atoms with Gasteiger partial charge in [-0.25, -0.2) is 8.42 Å². The van der Waals surface area contributed by atoms with Crippen molar-refractivity contribution in [3.05, 3.63) is 71.1 Å². The van der Waals surface area contributed by atoms with Gasteiger partial charge in [0.2, 0.25) is 15.9 Å². The van der Waals surface area contributed by atoms with Gasteiger partial charge in [-0.3, -0.25) is 9.59 Å². The van der Waals surface area contributed by atoms with E-state index >= 15 is 0 Å². The SMILES string of the molecule is O=C(CSc1ccccc1C(=O)N1CCN(S(=O)(=O)C=Cc2ccccc2)CC1)N1CCCC1. The third kappa shape index (κ3) is 6.08. The molecule has 0 bridgehead atoms. The van der Waals surface area contributed by atoms with Gasteiger partial charge in [0, 0.05) is 49.6 Å². The quantitative estimate of drug-likeness (QED) is 0.547. The van der Waals surface area contributed by atoms with E-state index in [1.54, 1.807) is 17.0 Å². The molecule has 2 aliphatic rings. The Morgan fingerprint density at radius 1 is 0.824 bits per heavy atom. The summed E-state index contributed by atoms with van der Waals surface area (Å²) in [5.41, 5.74) is 1.37. The van der Waals surface area contributed by atoms with Crippen LogP contribution in [0.25, 0.3) is 6.08 Å². The lowest BCUT2D eigenvalue weighted by molar-refractivity contribution is -0.127. The van der Waals surface area contributed by atoms with Gasteiger partial charge in [0.15, 0.2) is 0 Å². The van der Waals surface area contributed by atoms with Gasteiger partial charge in [0.25, 0.3) is 5.91 Å². The Kier molecular flexibility index (Phi) is 8.07. The van der Waals surface area contributed by atoms with Crippen LogP contribution >= 0.6 is 11.8 Å². The number of hydrogen-bond acceptors (Lipinski definition) is 5. The van der Waals surface area contributed by atoms with Crippen LogP contribution in [-0.4, -0.2) is 79.4 Å². The van der Waals surface area contributed by atoms with Crippen LogP contribution < -0.4 is 0 Å². The lowest BCUT2D eigenvalue weighted by atomic mass is 10.2. The first kappa shape index (κ1) is 24.5. The Hall–Kier alpha value is -2.62. The Morgan fingerprint density at radius 2 is 1.47 bits per heavy atom. The van der Waals surface area contributed by atoms with Crippen molar-refractivity contribution in [3.63, 3.8) is 0 Å². The van der Waals surface area contributed by atoms with E-state index in [1.807, 2.05) is 53.4 Å². The number of rotatable bonds is 7. The maximum Gasteiger partial charge on any atom is 0.255 e. The van der Waals surface area contributed by atoms with Crippen LogP contribution in [-0.2, 0) is 14.8 Å². The van der Waals surface area contributed by atoms with E-state index < -0.39 is 10.0 Å². The molecule has 4 rings (SSSR count). The predicted molar refractivity (Wildman–Crippen MR) is 135 cm³/mol. The van der Waals surface area contributed by atoms with E-state index in [4.69, 9.17) is 0 Å². The molecular weight excluding hydrogens is 470 g/mol. The monoisotopic (exact) mass is 499 g/mol. The van der Waals surface area contributed by atoms with Crippen molar-refractivity contribution in [1.82, 2.24) is 14.1 Å². The summed E-state index contributed by atoms with van der Waals surface area (Å²) < 4.78 is 26.8. The summed E-state index contributed by atoms with van der Waals surface area (Å²) in [4.78, 5) is 30.0. The summed E-state index contributed by atoms with van der Waals surface area (Å²) in [7, 11) is -3.56. The average Bonchev–Trinajstić information content (AvgIpc) is 3.42. The van der Waals surface area contributed by atoms with E-state index in [-0.39, 0.29) is 24.9 Å². The fourth-order valence-electron chi connectivity index (χ4n) is 4.10. The highest BCUT2D eigenvalue weighted by atomic mass is 32.2. The van der Waals surface area contributed by atoms with Crippen LogP contribution in [0, 0.1) is 0 Å². The largest absolute Gasteiger partial charge is 0.342 e. The van der Waals surface area contributed by atoms with Crippen LogP contribution in [0.2, 0.25) is 0 Å². The van der Waals surface area contributed by atoms with Crippen LogP contribution in [0.1, 0.15) is 28.8 Å². The minimum absolute atomic E-state index is 0.104. The molecular formula is C25H29N3O4S2. The van der Waals surface area contributed by atoms with Gasteiger partial charge in [-0.15, -0.1) is 11.8 Å². The minimum atomic E-state index is -3.56. The number of likely N-dealkylation sites (tertiary alicyclic amines) is 1. The van der Waals surface area contributed by atoms with Crippen LogP contribution in [0.15, 0.2) is 64.9 Å². The second kappa shape index (κ2) is 11.2. The first-order valence-electron chi connectivity index (χ1n) is 11.5. The van der Waals surface area contributed by atoms with E-state index in [1.165, 1.54) is 21.5 Å². The number of piperazine rings is 1. The lowest BCUT2D eigenvalue weighted by Gasteiger charge is -2.33. The van der Waals surface area contributed by atoms with E-state index in [0.717, 1.165) is 36.4 Å². The van der Waals surface area contributed by atoms with E-state index in [2.05, 4.69) is 0 Å². The molecule has 0 aromatic heterocycles. The number of carbonyl (C=O) groups excluding carboxylic acids is 2. The molecule has 2 heterocycles. The minimum Gasteiger partial charge on any atom is -0.342 e. The highest BCUT2D eigenvalue weighted by Crippen LogP contribution is 2.25. The number of nitrogens with zero attached hydrogens (tertiary/aromatic N) is 3. The van der Waals surface area contributed by atoms with Crippen molar-refractivity contribution in [3.8, 4) is 0 Å². The van der Waals surface area contributed by atoms with E-state index in [0.29, 0.717) is 24.4 Å². The molecule has 2 amide bonds. The fraction of sp³-hybridized carbons (Fsp3) is 0.360. The van der Waals surface area contributed by atoms with Gasteiger partial charge >= 0.3 is 0 Å². The van der Waals surface area contributed by atoms with Crippen LogP contribution in [0.5, 0.6) is 0 Å². The number of benzene rings is 2. The van der Waals surface area contributed by atoms with Crippen LogP contribution in [0.3, 0.4) is 0 Å². The molecule has 0 aliphatic carbocycles. The zero-order valence-electron chi connectivity index (χ0n) is 19.0. The van der Waals surface area contributed by atoms with Gasteiger partial charge in [0.1, 0.15) is 0 Å². The second-order valence-corrected chi connectivity index (χ2v) is 11.2. The Morgan fingerprint density at radius 3 is 2.18 bits per heavy atom. The molecule has 7 nitrogen and oxygen atoms in total. The molecule has 0 saturated carbocycles. The van der Waals surface area contributed by atoms with Crippen molar-refractivity contribution in [1.29, 1.82) is 0 Å². The smallest absolute Gasteiger partial charge is 0.255 e. The lowest BCUT2D eigenvalue weighted by Crippen LogP contribution is -2.50. The first-order chi connectivity index (χ1) is 16.4. The zero-order chi connectivity index (χ0) is 24.0. The summed E-state index contributed by atoms with van der Waals surface area (Å²) in [5, 5.41) is 1.23. The zero-order valence-corrected chi connectivity index (χ0v) is 20.6. The highest BCUT2D eigenvalue weighted by Gasteiger charge is 2.29. The summed E-state index contributed by atoms with van der Waals surface area (Å²) in [6, 6.07) is 16.6. The Labute approximate surface area is 205 Å². The maximum absolute atomic E-state index is 13.2. The Bertz CT molecular complexity index is 1140. The van der Waals surface area contributed by atoms with Gasteiger partial charge in [-0.1, -0.05) is 42.5 Å². The number of thioether (sulfide) groups is 1. The van der Waals surface area contributed by atoms with Gasteiger partial charge < -0.3 is 9.80 Å². The molecule has 2 aliphatic heterocycles. The topological polar surface area (TPSA) is 78.0 Å². The predicted octanol–water partition coefficient (Wildman–Crippen LogP) is 3.16. The normalized spacial score (nSPS) is 17.4. The molecule has 2 saturated heterocycles. The van der Waals surface area contributed by atoms with Crippen molar-refractivity contribution in [2.24, 2.45) is 0 Å². The molecule has 2 aromatic carbocycles. The third-order valence-electron chi connectivity index (χ3n) is 6.05. The molecule has 0 N–H and O–H groups in total. The molecule has 0 radical (unpaired) electrons. The highest BCUT2D eigenvalue weighted by molar-refractivity contribution is 8.00. The standard InChI is InChI=1S/C25H29N3O4S2/c29-24(26-13-6-7-14-26)20-33-23-11-5-4-10-22(23)25(30)27-15-17-28(18-16-27)34(31,32)19-12-21-8-2-1-3-9-21/h1-5,8-12,19H,6-7,13-18,20H2. The number of amides is 2. The molecule has 0 unspecified atom stereocenters. The summed E-state index contributed by atoms with van der Waals surface area (Å²) in [5.74, 6) is 0.282. The number of carbonyl (C=O) groups is 2. The molecule has 0 spiro atoms. The summed E-state index contributed by atoms with van der Waals surface area (Å²) in [6.07, 6.45) is 3.69. The average molecular weight is 500 g/mol. The van der Waals surface area contributed by atoms with Gasteiger partial charge in [-0.05, 0) is 36.6 Å². The van der Waals surface area contributed by atoms with Crippen molar-refractivity contribution >= 4 is 39.7 Å². The van der Waals surface area contributed by atoms with Crippen molar-refractivity contribution in [2.45, 2.75) is 17.7 Å². The maximum atomic E-state index is 13.2. The van der Waals surface area contributed by atoms with Crippen molar-refractivity contribution in [2.75, 3.05) is 45.0 Å². The molecule has 2 aromatic rings. The first-order valence-corrected chi connectivity index (χ1v) is 13.9. The van der Waals surface area contributed by atoms with Gasteiger partial charge in [0.05, 0.1) is 11.3 Å². The Balaban J connectivity index is 1.35. The molecule has 180 valence electrons. The van der Waals surface area contributed by atoms with Gasteiger partial charge in [-0.2, -0.15) is 4.31 Å². The fourth-order valence-corrected chi connectivity index (χ4v) is 6.22. The molecule has 9 heteroatoms. The summed E-state index contributed by atoms with van der Waals surface area (Å²) >= 11 is 1.39. The van der Waals surface area contributed by atoms with Crippen LogP contribution in [0.4, 0.5) is 0 Å². The second-order valence-electron chi connectivity index (χ2n) is 8.32. The number of hydrogen-bond donors (Lipinski definition) is 0. The summed E-state index contributed by atoms with van der Waals surface area (Å²) in [6.45, 7) is 2.76. The van der Waals surface area contributed by atoms with Crippen molar-refractivity contribution < 1.29 is 18.0 Å². The third-order valence-corrected chi connectivity index (χ3v) is 8.67. The molecule has 2 fully saturated rings. The number of sulfonamides is 1. The van der Waals surface area contributed by atoms with E-state index in [9.17, 15) is 18.0 Å². The molecule has 0 atom stereocenters.